The second-order valence-electron chi connectivity index (χ2n) is 12.2. The van der Waals surface area contributed by atoms with Crippen molar-refractivity contribution in [3.05, 3.63) is 89.0 Å². The Balaban J connectivity index is 1.58. The van der Waals surface area contributed by atoms with Crippen LogP contribution in [-0.2, 0) is 11.3 Å². The van der Waals surface area contributed by atoms with Crippen LogP contribution in [0.1, 0.15) is 35.3 Å². The molecule has 0 radical (unpaired) electrons. The molecule has 16 heteroatoms. The minimum Gasteiger partial charge on any atom is -0.418 e. The van der Waals surface area contributed by atoms with Gasteiger partial charge in [0.15, 0.2) is 11.6 Å². The van der Waals surface area contributed by atoms with Gasteiger partial charge in [0.25, 0.3) is 5.91 Å². The number of nitrogens with one attached hydrogen (secondary N) is 2. The average molecular weight is 710 g/mol. The summed E-state index contributed by atoms with van der Waals surface area (Å²) >= 11 is 0. The number of hydrogen-bond donors (Lipinski definition) is 2. The lowest BCUT2D eigenvalue weighted by Crippen LogP contribution is -2.48. The number of ether oxygens (including phenoxy) is 1. The molecule has 0 saturated carbocycles. The van der Waals surface area contributed by atoms with Gasteiger partial charge in [-0.05, 0) is 56.7 Å². The Bertz CT molecular complexity index is 1980. The monoisotopic (exact) mass is 709 g/mol. The number of aromatic nitrogens is 2. The lowest BCUT2D eigenvalue weighted by molar-refractivity contribution is -0.189. The number of urea groups is 1. The van der Waals surface area contributed by atoms with Gasteiger partial charge in [-0.1, -0.05) is 30.3 Å². The number of rotatable bonds is 7. The second-order valence-corrected chi connectivity index (χ2v) is 12.2. The summed E-state index contributed by atoms with van der Waals surface area (Å²) in [6.45, 7) is 6.16. The van der Waals surface area contributed by atoms with Gasteiger partial charge < -0.3 is 25.2 Å². The van der Waals surface area contributed by atoms with Crippen molar-refractivity contribution in [3.8, 4) is 17.0 Å². The van der Waals surface area contributed by atoms with E-state index >= 15 is 8.78 Å². The number of esters is 1. The number of amides is 3. The van der Waals surface area contributed by atoms with Crippen LogP contribution in [0.15, 0.2) is 60.7 Å². The molecule has 51 heavy (non-hydrogen) atoms. The third-order valence-electron chi connectivity index (χ3n) is 8.34. The molecular weight excluding hydrogens is 677 g/mol. The number of halogens is 5. The number of aryl methyl sites for hydroxylation is 1. The first-order chi connectivity index (χ1) is 24.2. The van der Waals surface area contributed by atoms with E-state index in [-0.39, 0.29) is 40.7 Å². The van der Waals surface area contributed by atoms with E-state index in [1.807, 2.05) is 30.3 Å². The highest BCUT2D eigenvalue weighted by atomic mass is 19.4. The third kappa shape index (κ3) is 6.98. The Hall–Kier alpha value is -5.80. The molecule has 3 amide bonds. The number of benzene rings is 3. The number of piperazine rings is 1. The molecule has 1 aromatic heterocycles. The van der Waals surface area contributed by atoms with Crippen LogP contribution in [-0.4, -0.2) is 66.3 Å². The van der Waals surface area contributed by atoms with Crippen molar-refractivity contribution >= 4 is 41.0 Å². The minimum atomic E-state index is -5.44. The molecule has 0 spiro atoms. The van der Waals surface area contributed by atoms with Gasteiger partial charge >= 0.3 is 18.2 Å². The lowest BCUT2D eigenvalue weighted by atomic mass is 9.95. The Morgan fingerprint density at radius 1 is 0.902 bits per heavy atom. The fourth-order valence-electron chi connectivity index (χ4n) is 5.96. The molecule has 3 aromatic carbocycles. The number of carbonyl (C=O) groups excluding carboxylic acids is 3. The fraction of sp³-hybridized carbons (Fsp3) is 0.286. The maximum absolute atomic E-state index is 15.3. The van der Waals surface area contributed by atoms with Crippen LogP contribution < -0.4 is 30.1 Å². The van der Waals surface area contributed by atoms with Crippen molar-refractivity contribution in [1.82, 2.24) is 20.6 Å². The van der Waals surface area contributed by atoms with Gasteiger partial charge in [-0.2, -0.15) is 18.2 Å². The SMILES string of the molecule is Cc1ccc(C(=O)NC(C)C)c(OC(=O)C(F)(F)F)c1-c1nc(N2CCN(c3ccccc3)CC2)nc2c1CNC(=O)N2c1c(F)cccc1F. The number of fused-ring (bicyclic) bond motifs is 1. The fourth-order valence-corrected chi connectivity index (χ4v) is 5.96. The summed E-state index contributed by atoms with van der Waals surface area (Å²) in [5.74, 6) is -6.60. The van der Waals surface area contributed by atoms with Crippen LogP contribution in [0.3, 0.4) is 0 Å². The molecule has 0 unspecified atom stereocenters. The van der Waals surface area contributed by atoms with Gasteiger partial charge in [0.05, 0.1) is 17.8 Å². The molecule has 266 valence electrons. The summed E-state index contributed by atoms with van der Waals surface area (Å²) in [5, 5.41) is 5.12. The number of alkyl halides is 3. The Morgan fingerprint density at radius 2 is 1.55 bits per heavy atom. The molecule has 6 rings (SSSR count). The number of para-hydroxylation sites is 2. The molecule has 1 saturated heterocycles. The van der Waals surface area contributed by atoms with E-state index in [0.717, 1.165) is 23.9 Å². The van der Waals surface area contributed by atoms with Gasteiger partial charge in [-0.3, -0.25) is 4.79 Å². The van der Waals surface area contributed by atoms with Crippen molar-refractivity contribution in [1.29, 1.82) is 0 Å². The lowest BCUT2D eigenvalue weighted by Gasteiger charge is -2.37. The van der Waals surface area contributed by atoms with E-state index in [0.29, 0.717) is 31.1 Å². The van der Waals surface area contributed by atoms with Crippen LogP contribution >= 0.6 is 0 Å². The predicted molar refractivity (Wildman–Crippen MR) is 178 cm³/mol. The van der Waals surface area contributed by atoms with Crippen LogP contribution in [0.4, 0.5) is 49.9 Å². The van der Waals surface area contributed by atoms with Crippen molar-refractivity contribution in [2.75, 3.05) is 40.9 Å². The Kier molecular flexibility index (Phi) is 9.51. The highest BCUT2D eigenvalue weighted by molar-refractivity contribution is 6.04. The topological polar surface area (TPSA) is 120 Å². The zero-order chi connectivity index (χ0) is 36.6. The Morgan fingerprint density at radius 3 is 2.18 bits per heavy atom. The van der Waals surface area contributed by atoms with Gasteiger partial charge in [0, 0.05) is 49.0 Å². The molecule has 2 aliphatic rings. The summed E-state index contributed by atoms with van der Waals surface area (Å²) in [5.41, 5.74) is -0.193. The number of carbonyl (C=O) groups is 3. The highest BCUT2D eigenvalue weighted by Gasteiger charge is 2.43. The van der Waals surface area contributed by atoms with Crippen LogP contribution in [0.25, 0.3) is 11.3 Å². The molecule has 4 aromatic rings. The zero-order valence-corrected chi connectivity index (χ0v) is 27.6. The first kappa shape index (κ1) is 35.0. The molecule has 11 nitrogen and oxygen atoms in total. The van der Waals surface area contributed by atoms with E-state index in [1.165, 1.54) is 19.1 Å². The Labute approximate surface area is 289 Å². The summed E-state index contributed by atoms with van der Waals surface area (Å²) in [6, 6.07) is 13.9. The summed E-state index contributed by atoms with van der Waals surface area (Å²) < 4.78 is 76.5. The normalized spacial score (nSPS) is 14.7. The standard InChI is InChI=1S/C35H32F5N7O4/c1-19(2)42-31(48)22-13-12-20(3)26(29(22)51-32(49)35(38,39)40)27-23-18-41-34(50)47(28-24(36)10-7-11-25(28)37)30(23)44-33(43-27)46-16-14-45(15-17-46)21-8-5-4-6-9-21/h4-13,19H,14-18H2,1-3H3,(H,41,50)(H,42,48). The highest BCUT2D eigenvalue weighted by Crippen LogP contribution is 2.44. The predicted octanol–water partition coefficient (Wildman–Crippen LogP) is 6.02. The summed E-state index contributed by atoms with van der Waals surface area (Å²) in [4.78, 5) is 53.0. The molecule has 1 fully saturated rings. The van der Waals surface area contributed by atoms with Gasteiger partial charge in [0.1, 0.15) is 17.3 Å². The molecule has 2 aliphatic heterocycles. The van der Waals surface area contributed by atoms with E-state index in [1.54, 1.807) is 18.7 Å². The van der Waals surface area contributed by atoms with Crippen molar-refractivity contribution in [2.45, 2.75) is 39.5 Å². The van der Waals surface area contributed by atoms with E-state index in [4.69, 9.17) is 9.72 Å². The quantitative estimate of drug-likeness (QED) is 0.136. The van der Waals surface area contributed by atoms with Gasteiger partial charge in [-0.15, -0.1) is 0 Å². The number of hydrogen-bond acceptors (Lipinski definition) is 8. The average Bonchev–Trinajstić information content (AvgIpc) is 3.08. The first-order valence-electron chi connectivity index (χ1n) is 16.0. The maximum atomic E-state index is 15.3. The number of anilines is 4. The molecular formula is C35H32F5N7O4. The molecule has 0 atom stereocenters. The first-order valence-corrected chi connectivity index (χ1v) is 16.0. The summed E-state index contributed by atoms with van der Waals surface area (Å²) in [6.07, 6.45) is -5.44. The molecule has 0 aliphatic carbocycles. The van der Waals surface area contributed by atoms with Crippen LogP contribution in [0.2, 0.25) is 0 Å². The summed E-state index contributed by atoms with van der Waals surface area (Å²) in [7, 11) is 0. The van der Waals surface area contributed by atoms with Gasteiger partial charge in [-0.25, -0.2) is 28.3 Å². The zero-order valence-electron chi connectivity index (χ0n) is 27.6. The smallest absolute Gasteiger partial charge is 0.418 e. The van der Waals surface area contributed by atoms with E-state index in [2.05, 4.69) is 20.5 Å². The van der Waals surface area contributed by atoms with Gasteiger partial charge in [0.2, 0.25) is 5.95 Å². The largest absolute Gasteiger partial charge is 0.491 e. The minimum absolute atomic E-state index is 0.0163. The number of nitrogens with zero attached hydrogens (tertiary/aromatic N) is 5. The van der Waals surface area contributed by atoms with Crippen LogP contribution in [0, 0.1) is 18.6 Å². The maximum Gasteiger partial charge on any atom is 0.491 e. The third-order valence-corrected chi connectivity index (χ3v) is 8.34. The molecule has 0 bridgehead atoms. The van der Waals surface area contributed by atoms with E-state index < -0.39 is 58.8 Å². The molecule has 3 heterocycles. The second kappa shape index (κ2) is 13.8. The van der Waals surface area contributed by atoms with Crippen molar-refractivity contribution < 1.29 is 41.1 Å². The van der Waals surface area contributed by atoms with E-state index in [9.17, 15) is 27.6 Å². The van der Waals surface area contributed by atoms with Crippen LogP contribution in [0.5, 0.6) is 5.75 Å². The van der Waals surface area contributed by atoms with Crippen molar-refractivity contribution in [2.24, 2.45) is 0 Å². The molecule has 2 N–H and O–H groups in total. The van der Waals surface area contributed by atoms with Crippen molar-refractivity contribution in [3.63, 3.8) is 0 Å².